The molecule has 1 saturated carbocycles. The number of hydrogen-bond donors (Lipinski definition) is 0. The normalized spacial score (nSPS) is 34.1. The number of ether oxygens (including phenoxy) is 2. The number of Topliss-reactive ketones (excluding diaryl/α,β-unsaturated/α-hetero) is 1. The van der Waals surface area contributed by atoms with Crippen molar-refractivity contribution in [2.45, 2.75) is 50.5 Å². The molecule has 1 aromatic heterocycles. The molecule has 0 spiro atoms. The summed E-state index contributed by atoms with van der Waals surface area (Å²) in [5, 5.41) is 4.11. The van der Waals surface area contributed by atoms with Crippen molar-refractivity contribution < 1.29 is 18.8 Å². The lowest BCUT2D eigenvalue weighted by atomic mass is 9.78. The van der Waals surface area contributed by atoms with Crippen LogP contribution in [0.5, 0.6) is 0 Å². The number of carbonyl (C=O) groups is 1. The maximum atomic E-state index is 11.9. The number of aromatic nitrogens is 2. The third-order valence-electron chi connectivity index (χ3n) is 4.66. The molecule has 0 bridgehead atoms. The Morgan fingerprint density at radius 2 is 2.29 bits per heavy atom. The molecule has 0 amide bonds. The Labute approximate surface area is 124 Å². The first-order chi connectivity index (χ1) is 10.1. The van der Waals surface area contributed by atoms with Gasteiger partial charge in [-0.05, 0) is 25.2 Å². The molecule has 116 valence electrons. The summed E-state index contributed by atoms with van der Waals surface area (Å²) in [4.78, 5) is 16.4. The molecule has 6 heteroatoms. The lowest BCUT2D eigenvalue weighted by molar-refractivity contribution is -0.127. The van der Waals surface area contributed by atoms with E-state index in [-0.39, 0.29) is 5.78 Å². The van der Waals surface area contributed by atoms with E-state index in [4.69, 9.17) is 14.0 Å². The zero-order valence-electron chi connectivity index (χ0n) is 12.6. The molecule has 6 nitrogen and oxygen atoms in total. The highest BCUT2D eigenvalue weighted by molar-refractivity contribution is 5.85. The zero-order valence-corrected chi connectivity index (χ0v) is 12.6. The first-order valence-corrected chi connectivity index (χ1v) is 7.64. The molecule has 0 radical (unpaired) electrons. The molecule has 1 aliphatic carbocycles. The molecular weight excluding hydrogens is 272 g/mol. The summed E-state index contributed by atoms with van der Waals surface area (Å²) in [6.07, 6.45) is 4.48. The molecule has 1 aromatic rings. The summed E-state index contributed by atoms with van der Waals surface area (Å²) < 4.78 is 16.5. The average molecular weight is 294 g/mol. The van der Waals surface area contributed by atoms with Crippen LogP contribution in [0.25, 0.3) is 0 Å². The zero-order chi connectivity index (χ0) is 14.9. The summed E-state index contributed by atoms with van der Waals surface area (Å²) in [7, 11) is 1.70. The van der Waals surface area contributed by atoms with Crippen LogP contribution < -0.4 is 0 Å². The van der Waals surface area contributed by atoms with Gasteiger partial charge in [0, 0.05) is 13.5 Å². The van der Waals surface area contributed by atoms with Gasteiger partial charge in [0.15, 0.2) is 0 Å². The van der Waals surface area contributed by atoms with E-state index in [1.165, 1.54) is 6.42 Å². The van der Waals surface area contributed by atoms with E-state index in [9.17, 15) is 4.79 Å². The van der Waals surface area contributed by atoms with Gasteiger partial charge < -0.3 is 14.0 Å². The fraction of sp³-hybridized carbons (Fsp3) is 0.800. The third kappa shape index (κ3) is 2.74. The van der Waals surface area contributed by atoms with Crippen LogP contribution in [-0.2, 0) is 19.9 Å². The van der Waals surface area contributed by atoms with Gasteiger partial charge in [-0.2, -0.15) is 4.98 Å². The summed E-state index contributed by atoms with van der Waals surface area (Å²) in [5.41, 5.74) is -0.474. The number of rotatable bonds is 3. The van der Waals surface area contributed by atoms with E-state index in [0.717, 1.165) is 19.3 Å². The van der Waals surface area contributed by atoms with Crippen molar-refractivity contribution in [3.05, 3.63) is 11.7 Å². The second kappa shape index (κ2) is 5.85. The number of methoxy groups -OCH3 is 1. The Morgan fingerprint density at radius 1 is 1.43 bits per heavy atom. The van der Waals surface area contributed by atoms with Crippen LogP contribution in [0.4, 0.5) is 0 Å². The van der Waals surface area contributed by atoms with Gasteiger partial charge in [-0.1, -0.05) is 18.5 Å². The maximum absolute atomic E-state index is 11.9. The minimum Gasteiger partial charge on any atom is -0.380 e. The van der Waals surface area contributed by atoms with Crippen LogP contribution in [0.2, 0.25) is 0 Å². The fourth-order valence-electron chi connectivity index (χ4n) is 3.39. The molecule has 21 heavy (non-hydrogen) atoms. The van der Waals surface area contributed by atoms with E-state index in [1.54, 1.807) is 7.11 Å². The van der Waals surface area contributed by atoms with Crippen molar-refractivity contribution in [2.75, 3.05) is 20.3 Å². The molecule has 2 aliphatic rings. The third-order valence-corrected chi connectivity index (χ3v) is 4.66. The van der Waals surface area contributed by atoms with Crippen LogP contribution in [0, 0.1) is 5.92 Å². The van der Waals surface area contributed by atoms with Crippen molar-refractivity contribution in [3.8, 4) is 0 Å². The van der Waals surface area contributed by atoms with E-state index >= 15 is 0 Å². The highest BCUT2D eigenvalue weighted by Crippen LogP contribution is 2.41. The monoisotopic (exact) mass is 294 g/mol. The Bertz CT molecular complexity index is 516. The van der Waals surface area contributed by atoms with Gasteiger partial charge in [-0.25, -0.2) is 0 Å². The highest BCUT2D eigenvalue weighted by atomic mass is 16.5. The topological polar surface area (TPSA) is 74.5 Å². The van der Waals surface area contributed by atoms with Gasteiger partial charge in [0.1, 0.15) is 17.3 Å². The molecule has 1 aliphatic heterocycles. The second-order valence-corrected chi connectivity index (χ2v) is 6.20. The number of carbonyl (C=O) groups excluding carboxylic acids is 1. The second-order valence-electron chi connectivity index (χ2n) is 6.20. The lowest BCUT2D eigenvalue weighted by Crippen LogP contribution is -2.35. The van der Waals surface area contributed by atoms with Gasteiger partial charge in [0.2, 0.25) is 11.7 Å². The highest BCUT2D eigenvalue weighted by Gasteiger charge is 2.42. The molecule has 3 atom stereocenters. The molecule has 0 aromatic carbocycles. The molecule has 3 rings (SSSR count). The van der Waals surface area contributed by atoms with E-state index in [0.29, 0.717) is 37.3 Å². The van der Waals surface area contributed by atoms with Gasteiger partial charge >= 0.3 is 0 Å². The molecule has 3 unspecified atom stereocenters. The van der Waals surface area contributed by atoms with Crippen LogP contribution in [-0.4, -0.2) is 36.2 Å². The average Bonchev–Trinajstić information content (AvgIpc) is 2.98. The Balaban J connectivity index is 1.84. The van der Waals surface area contributed by atoms with Crippen molar-refractivity contribution >= 4 is 5.78 Å². The van der Waals surface area contributed by atoms with E-state index < -0.39 is 11.5 Å². The van der Waals surface area contributed by atoms with E-state index in [1.807, 2.05) is 0 Å². The van der Waals surface area contributed by atoms with Crippen LogP contribution in [0.1, 0.15) is 56.7 Å². The van der Waals surface area contributed by atoms with Crippen LogP contribution in [0.3, 0.4) is 0 Å². The minimum atomic E-state index is -0.474. The Hall–Kier alpha value is -1.27. The summed E-state index contributed by atoms with van der Waals surface area (Å²) >= 11 is 0. The Kier molecular flexibility index (Phi) is 4.08. The van der Waals surface area contributed by atoms with Crippen molar-refractivity contribution in [3.63, 3.8) is 0 Å². The van der Waals surface area contributed by atoms with Crippen molar-refractivity contribution in [2.24, 2.45) is 5.92 Å². The summed E-state index contributed by atoms with van der Waals surface area (Å²) in [6, 6.07) is 0. The minimum absolute atomic E-state index is 0.111. The van der Waals surface area contributed by atoms with Gasteiger partial charge in [0.25, 0.3) is 0 Å². The Morgan fingerprint density at radius 3 is 3.00 bits per heavy atom. The lowest BCUT2D eigenvalue weighted by Gasteiger charge is -2.36. The standard InChI is InChI=1S/C15H22N2O4/c1-10-4-3-6-15(8-10,19-2)14-16-13(21-17-14)11-9-20-7-5-12(11)18/h10-11H,3-9H2,1-2H3. The van der Waals surface area contributed by atoms with Crippen LogP contribution >= 0.6 is 0 Å². The summed E-state index contributed by atoms with van der Waals surface area (Å²) in [6.45, 7) is 3.03. The van der Waals surface area contributed by atoms with Crippen molar-refractivity contribution in [1.29, 1.82) is 0 Å². The largest absolute Gasteiger partial charge is 0.380 e. The predicted octanol–water partition coefficient (Wildman–Crippen LogP) is 2.19. The van der Waals surface area contributed by atoms with Gasteiger partial charge in [-0.3, -0.25) is 4.79 Å². The molecule has 1 saturated heterocycles. The molecule has 2 fully saturated rings. The summed E-state index contributed by atoms with van der Waals surface area (Å²) in [5.74, 6) is 1.20. The molecule has 2 heterocycles. The van der Waals surface area contributed by atoms with Gasteiger partial charge in [0.05, 0.1) is 13.2 Å². The molecular formula is C15H22N2O4. The molecule has 0 N–H and O–H groups in total. The number of ketones is 1. The van der Waals surface area contributed by atoms with Gasteiger partial charge in [-0.15, -0.1) is 0 Å². The van der Waals surface area contributed by atoms with Crippen LogP contribution in [0.15, 0.2) is 4.52 Å². The predicted molar refractivity (Wildman–Crippen MR) is 73.8 cm³/mol. The quantitative estimate of drug-likeness (QED) is 0.850. The SMILES string of the molecule is COC1(c2noc(C3COCCC3=O)n2)CCCC(C)C1. The first kappa shape index (κ1) is 14.7. The van der Waals surface area contributed by atoms with Crippen molar-refractivity contribution in [1.82, 2.24) is 10.1 Å². The maximum Gasteiger partial charge on any atom is 0.239 e. The first-order valence-electron chi connectivity index (χ1n) is 7.64. The number of hydrogen-bond acceptors (Lipinski definition) is 6. The number of nitrogens with zero attached hydrogens (tertiary/aromatic N) is 2. The van der Waals surface area contributed by atoms with E-state index in [2.05, 4.69) is 17.1 Å². The fourth-order valence-corrected chi connectivity index (χ4v) is 3.39. The smallest absolute Gasteiger partial charge is 0.239 e.